The molecule has 0 aliphatic carbocycles. The van der Waals surface area contributed by atoms with Gasteiger partial charge in [-0.15, -0.1) is 11.8 Å². The minimum absolute atomic E-state index is 0.000471. The van der Waals surface area contributed by atoms with Crippen LogP contribution in [0.4, 0.5) is 10.1 Å². The fourth-order valence-electron chi connectivity index (χ4n) is 2.22. The quantitative estimate of drug-likeness (QED) is 0.602. The van der Waals surface area contributed by atoms with Crippen molar-refractivity contribution in [1.82, 2.24) is 0 Å². The molecule has 1 amide bonds. The largest absolute Gasteiger partial charge is 0.486 e. The van der Waals surface area contributed by atoms with E-state index < -0.39 is 11.7 Å². The molecule has 1 aliphatic rings. The molecule has 3 rings (SSSR count). The molecular weight excluding hydrogens is 376 g/mol. The van der Waals surface area contributed by atoms with Crippen LogP contribution in [0.1, 0.15) is 10.4 Å². The molecule has 2 aromatic carbocycles. The summed E-state index contributed by atoms with van der Waals surface area (Å²) in [6.45, 7) is 0.916. The van der Waals surface area contributed by atoms with Crippen LogP contribution in [-0.4, -0.2) is 25.4 Å². The molecular formula is C16H12Cl2FNO3S. The maximum Gasteiger partial charge on any atom is 0.257 e. The number of halogens is 3. The van der Waals surface area contributed by atoms with Gasteiger partial charge >= 0.3 is 0 Å². The second-order valence-electron chi connectivity index (χ2n) is 4.90. The van der Waals surface area contributed by atoms with E-state index >= 15 is 0 Å². The van der Waals surface area contributed by atoms with Gasteiger partial charge in [-0.2, -0.15) is 0 Å². The molecule has 1 aliphatic heterocycles. The van der Waals surface area contributed by atoms with Crippen molar-refractivity contribution in [2.45, 2.75) is 4.90 Å². The molecule has 0 radical (unpaired) electrons. The number of ether oxygens (including phenoxy) is 2. The van der Waals surface area contributed by atoms with E-state index in [0.717, 1.165) is 11.0 Å². The Hall–Kier alpha value is -1.63. The molecule has 1 N–H and O–H groups in total. The van der Waals surface area contributed by atoms with Crippen molar-refractivity contribution in [2.24, 2.45) is 0 Å². The molecule has 0 saturated heterocycles. The second-order valence-corrected chi connectivity index (χ2v) is 6.56. The molecule has 4 nitrogen and oxygen atoms in total. The lowest BCUT2D eigenvalue weighted by Gasteiger charge is -2.21. The molecule has 1 heterocycles. The number of hydrogen-bond donors (Lipinski definition) is 1. The van der Waals surface area contributed by atoms with E-state index in [-0.39, 0.29) is 15.6 Å². The molecule has 2 aromatic rings. The van der Waals surface area contributed by atoms with Crippen molar-refractivity contribution in [3.05, 3.63) is 45.7 Å². The summed E-state index contributed by atoms with van der Waals surface area (Å²) >= 11 is 13.1. The molecule has 126 valence electrons. The van der Waals surface area contributed by atoms with Gasteiger partial charge in [-0.05, 0) is 24.5 Å². The number of thioether (sulfide) groups is 1. The SMILES string of the molecule is CSc1cc2c(cc1NC(=O)c1cc(F)c(Cl)cc1Cl)OCCO2. The van der Waals surface area contributed by atoms with Gasteiger partial charge in [-0.25, -0.2) is 4.39 Å². The first kappa shape index (κ1) is 17.2. The van der Waals surface area contributed by atoms with E-state index in [9.17, 15) is 9.18 Å². The summed E-state index contributed by atoms with van der Waals surface area (Å²) in [6.07, 6.45) is 1.87. The standard InChI is InChI=1S/C16H12Cl2FNO3S/c1-24-15-7-14-13(22-2-3-23-14)6-12(15)20-16(21)8-4-11(19)10(18)5-9(8)17/h4-7H,2-3H2,1H3,(H,20,21). The number of benzene rings is 2. The van der Waals surface area contributed by atoms with Crippen molar-refractivity contribution in [2.75, 3.05) is 24.8 Å². The molecule has 0 unspecified atom stereocenters. The van der Waals surface area contributed by atoms with E-state index in [1.54, 1.807) is 12.1 Å². The van der Waals surface area contributed by atoms with Crippen LogP contribution in [0.5, 0.6) is 11.5 Å². The van der Waals surface area contributed by atoms with Gasteiger partial charge in [0.25, 0.3) is 5.91 Å². The van der Waals surface area contributed by atoms with E-state index in [2.05, 4.69) is 5.32 Å². The van der Waals surface area contributed by atoms with Crippen LogP contribution < -0.4 is 14.8 Å². The first-order chi connectivity index (χ1) is 11.5. The highest BCUT2D eigenvalue weighted by molar-refractivity contribution is 7.98. The number of nitrogens with one attached hydrogen (secondary N) is 1. The van der Waals surface area contributed by atoms with E-state index in [4.69, 9.17) is 32.7 Å². The predicted octanol–water partition coefficient (Wildman–Crippen LogP) is 4.88. The minimum Gasteiger partial charge on any atom is -0.486 e. The second kappa shape index (κ2) is 7.09. The van der Waals surface area contributed by atoms with Gasteiger partial charge in [0.05, 0.1) is 21.3 Å². The van der Waals surface area contributed by atoms with E-state index in [1.165, 1.54) is 17.8 Å². The summed E-state index contributed by atoms with van der Waals surface area (Å²) in [6, 6.07) is 5.68. The van der Waals surface area contributed by atoms with Crippen LogP contribution in [0.15, 0.2) is 29.2 Å². The molecule has 24 heavy (non-hydrogen) atoms. The maximum absolute atomic E-state index is 13.6. The summed E-state index contributed by atoms with van der Waals surface area (Å²) in [7, 11) is 0. The Morgan fingerprint density at radius 2 is 1.79 bits per heavy atom. The molecule has 0 atom stereocenters. The summed E-state index contributed by atoms with van der Waals surface area (Å²) in [5, 5.41) is 2.66. The number of carbonyl (C=O) groups excluding carboxylic acids is 1. The third-order valence-corrected chi connectivity index (χ3v) is 4.75. The third kappa shape index (κ3) is 3.41. The Labute approximate surface area is 152 Å². The first-order valence-electron chi connectivity index (χ1n) is 6.93. The average Bonchev–Trinajstić information content (AvgIpc) is 2.57. The average molecular weight is 388 g/mol. The molecule has 0 spiro atoms. The van der Waals surface area contributed by atoms with Crippen LogP contribution in [0.2, 0.25) is 10.0 Å². The Morgan fingerprint density at radius 3 is 2.46 bits per heavy atom. The normalized spacial score (nSPS) is 12.8. The van der Waals surface area contributed by atoms with Gasteiger partial charge in [-0.3, -0.25) is 4.79 Å². The molecule has 8 heteroatoms. The van der Waals surface area contributed by atoms with Crippen LogP contribution >= 0.6 is 35.0 Å². The Bertz CT molecular complexity index is 816. The van der Waals surface area contributed by atoms with Crippen molar-refractivity contribution in [1.29, 1.82) is 0 Å². The number of amides is 1. The zero-order valence-electron chi connectivity index (χ0n) is 12.5. The lowest BCUT2D eigenvalue weighted by atomic mass is 10.2. The zero-order chi connectivity index (χ0) is 17.3. The van der Waals surface area contributed by atoms with Gasteiger partial charge < -0.3 is 14.8 Å². The maximum atomic E-state index is 13.6. The van der Waals surface area contributed by atoms with Crippen LogP contribution in [0.25, 0.3) is 0 Å². The van der Waals surface area contributed by atoms with Gasteiger partial charge in [0.1, 0.15) is 19.0 Å². The minimum atomic E-state index is -0.710. The highest BCUT2D eigenvalue weighted by Crippen LogP contribution is 2.39. The predicted molar refractivity (Wildman–Crippen MR) is 93.6 cm³/mol. The van der Waals surface area contributed by atoms with Gasteiger partial charge in [0, 0.05) is 11.0 Å². The number of hydrogen-bond acceptors (Lipinski definition) is 4. The van der Waals surface area contributed by atoms with Gasteiger partial charge in [0.2, 0.25) is 0 Å². The zero-order valence-corrected chi connectivity index (χ0v) is 14.8. The smallest absolute Gasteiger partial charge is 0.257 e. The Morgan fingerprint density at radius 1 is 1.12 bits per heavy atom. The van der Waals surface area contributed by atoms with Crippen molar-refractivity contribution in [3.8, 4) is 11.5 Å². The summed E-state index contributed by atoms with van der Waals surface area (Å²) < 4.78 is 24.7. The van der Waals surface area contributed by atoms with Crippen molar-refractivity contribution < 1.29 is 18.7 Å². The third-order valence-electron chi connectivity index (χ3n) is 3.37. The summed E-state index contributed by atoms with van der Waals surface area (Å²) in [5.41, 5.74) is 0.531. The van der Waals surface area contributed by atoms with E-state index in [1.807, 2.05) is 6.26 Å². The molecule has 0 aromatic heterocycles. The monoisotopic (exact) mass is 387 g/mol. The summed E-state index contributed by atoms with van der Waals surface area (Å²) in [5.74, 6) is -0.0806. The lowest BCUT2D eigenvalue weighted by Crippen LogP contribution is -2.17. The molecule has 0 saturated carbocycles. The van der Waals surface area contributed by atoms with Crippen molar-refractivity contribution >= 4 is 46.6 Å². The highest BCUT2D eigenvalue weighted by atomic mass is 35.5. The fourth-order valence-corrected chi connectivity index (χ4v) is 3.25. The number of rotatable bonds is 3. The number of anilines is 1. The Balaban J connectivity index is 1.93. The van der Waals surface area contributed by atoms with Gasteiger partial charge in [-0.1, -0.05) is 23.2 Å². The highest BCUT2D eigenvalue weighted by Gasteiger charge is 2.19. The van der Waals surface area contributed by atoms with Crippen molar-refractivity contribution in [3.63, 3.8) is 0 Å². The van der Waals surface area contributed by atoms with Crippen LogP contribution in [0, 0.1) is 5.82 Å². The van der Waals surface area contributed by atoms with E-state index in [0.29, 0.717) is 30.4 Å². The lowest BCUT2D eigenvalue weighted by molar-refractivity contribution is 0.102. The molecule has 0 bridgehead atoms. The number of fused-ring (bicyclic) bond motifs is 1. The number of carbonyl (C=O) groups is 1. The topological polar surface area (TPSA) is 47.6 Å². The summed E-state index contributed by atoms with van der Waals surface area (Å²) in [4.78, 5) is 13.2. The molecule has 0 fully saturated rings. The fraction of sp³-hybridized carbons (Fsp3) is 0.188. The Kier molecular flexibility index (Phi) is 5.08. The van der Waals surface area contributed by atoms with Crippen LogP contribution in [0.3, 0.4) is 0 Å². The van der Waals surface area contributed by atoms with Gasteiger partial charge in [0.15, 0.2) is 11.5 Å². The first-order valence-corrected chi connectivity index (χ1v) is 8.91. The van der Waals surface area contributed by atoms with Crippen LogP contribution in [-0.2, 0) is 0 Å².